The number of hydrogen-bond donors (Lipinski definition) is 0. The highest BCUT2D eigenvalue weighted by Crippen LogP contribution is 2.62. The van der Waals surface area contributed by atoms with Crippen molar-refractivity contribution >= 4 is 30.9 Å². The van der Waals surface area contributed by atoms with Crippen LogP contribution in [0.15, 0.2) is 24.3 Å². The third kappa shape index (κ3) is 5.63. The average molecular weight is 714 g/mol. The summed E-state index contributed by atoms with van der Waals surface area (Å²) in [6.45, 7) is 23.8. The van der Waals surface area contributed by atoms with Gasteiger partial charge in [0.05, 0.1) is 11.8 Å². The van der Waals surface area contributed by atoms with Gasteiger partial charge in [-0.15, -0.1) is 0 Å². The number of ether oxygens (including phenoxy) is 1. The van der Waals surface area contributed by atoms with E-state index in [0.717, 1.165) is 19.3 Å². The maximum absolute atomic E-state index is 7.62. The number of aromatic nitrogens is 1. The largest absolute Gasteiger partial charge is 0.410 e. The summed E-state index contributed by atoms with van der Waals surface area (Å²) in [4.78, 5) is 5.78. The van der Waals surface area contributed by atoms with Crippen LogP contribution < -0.4 is 0 Å². The van der Waals surface area contributed by atoms with Crippen LogP contribution in [0.5, 0.6) is 0 Å². The molecule has 1 aliphatic heterocycles. The molecule has 6 rings (SSSR count). The molecule has 0 bridgehead atoms. The third-order valence-corrected chi connectivity index (χ3v) is 17.8. The van der Waals surface area contributed by atoms with Gasteiger partial charge in [0, 0.05) is 32.2 Å². The summed E-state index contributed by atoms with van der Waals surface area (Å²) in [7, 11) is -2.04. The van der Waals surface area contributed by atoms with Crippen molar-refractivity contribution in [1.82, 2.24) is 4.98 Å². The van der Waals surface area contributed by atoms with Gasteiger partial charge >= 0.3 is 0 Å². The minimum absolute atomic E-state index is 0.0653. The number of halogens is 1. The smallest absolute Gasteiger partial charge is 0.192 e. The quantitative estimate of drug-likeness (QED) is 0.180. The SMILES string of the molecule is CC1(C)Cc2nc(C3CCCC3)c3c(c2[C@@H](O[Si](C)(C)C(C)(C)C)C1)C1(CCCC1I)O[C@@H]3c1cccc(C(C)(C)C)c1. The Labute approximate surface area is 277 Å². The van der Waals surface area contributed by atoms with Gasteiger partial charge in [-0.05, 0) is 85.0 Å². The summed E-state index contributed by atoms with van der Waals surface area (Å²) in [5.74, 6) is 0.532. The van der Waals surface area contributed by atoms with Crippen molar-refractivity contribution in [2.24, 2.45) is 5.41 Å². The molecule has 0 N–H and O–H groups in total. The molecule has 43 heavy (non-hydrogen) atoms. The van der Waals surface area contributed by atoms with E-state index in [4.69, 9.17) is 14.1 Å². The molecule has 3 nitrogen and oxygen atoms in total. The Hall–Kier alpha value is -0.763. The summed E-state index contributed by atoms with van der Waals surface area (Å²) in [6.07, 6.45) is 10.7. The lowest BCUT2D eigenvalue weighted by molar-refractivity contribution is -0.0515. The Kier molecular flexibility index (Phi) is 8.16. The fourth-order valence-corrected chi connectivity index (χ4v) is 10.7. The summed E-state index contributed by atoms with van der Waals surface area (Å²) < 4.78 is 15.5. The maximum Gasteiger partial charge on any atom is 0.192 e. The van der Waals surface area contributed by atoms with E-state index >= 15 is 0 Å². The number of nitrogens with zero attached hydrogens (tertiary/aromatic N) is 1. The fourth-order valence-electron chi connectivity index (χ4n) is 8.24. The minimum atomic E-state index is -2.04. The summed E-state index contributed by atoms with van der Waals surface area (Å²) in [5.41, 5.74) is 9.73. The number of fused-ring (bicyclic) bond motifs is 4. The van der Waals surface area contributed by atoms with E-state index in [1.807, 2.05) is 0 Å². The molecule has 3 aliphatic carbocycles. The highest BCUT2D eigenvalue weighted by Gasteiger charge is 2.57. The summed E-state index contributed by atoms with van der Waals surface area (Å²) in [5, 5.41) is 0.151. The van der Waals surface area contributed by atoms with Gasteiger partial charge in [-0.3, -0.25) is 4.98 Å². The van der Waals surface area contributed by atoms with Crippen LogP contribution in [-0.4, -0.2) is 17.2 Å². The van der Waals surface area contributed by atoms with E-state index in [-0.39, 0.29) is 33.7 Å². The zero-order valence-corrected chi connectivity index (χ0v) is 31.8. The highest BCUT2D eigenvalue weighted by atomic mass is 127. The second-order valence-corrected chi connectivity index (χ2v) is 23.9. The molecule has 236 valence electrons. The average Bonchev–Trinajstić information content (AvgIpc) is 3.62. The lowest BCUT2D eigenvalue weighted by Crippen LogP contribution is -2.44. The summed E-state index contributed by atoms with van der Waals surface area (Å²) in [6, 6.07) is 9.31. The Morgan fingerprint density at radius 3 is 2.28 bits per heavy atom. The molecule has 2 unspecified atom stereocenters. The lowest BCUT2D eigenvalue weighted by atomic mass is 9.70. The molecule has 2 saturated carbocycles. The molecule has 4 atom stereocenters. The van der Waals surface area contributed by atoms with Crippen LogP contribution in [0, 0.1) is 5.41 Å². The molecule has 1 aromatic carbocycles. The third-order valence-electron chi connectivity index (χ3n) is 11.7. The van der Waals surface area contributed by atoms with E-state index < -0.39 is 8.32 Å². The van der Waals surface area contributed by atoms with Crippen LogP contribution in [0.4, 0.5) is 0 Å². The van der Waals surface area contributed by atoms with Crippen LogP contribution in [0.2, 0.25) is 18.1 Å². The van der Waals surface area contributed by atoms with Gasteiger partial charge in [0.1, 0.15) is 11.7 Å². The molecule has 5 heteroatoms. The van der Waals surface area contributed by atoms with Crippen molar-refractivity contribution < 1.29 is 9.16 Å². The second kappa shape index (κ2) is 10.9. The molecular formula is C38H56INO2Si. The Morgan fingerprint density at radius 1 is 0.977 bits per heavy atom. The van der Waals surface area contributed by atoms with Gasteiger partial charge in [0.2, 0.25) is 0 Å². The minimum Gasteiger partial charge on any atom is -0.410 e. The monoisotopic (exact) mass is 713 g/mol. The van der Waals surface area contributed by atoms with Gasteiger partial charge in [-0.1, -0.05) is 115 Å². The van der Waals surface area contributed by atoms with Crippen molar-refractivity contribution in [3.05, 3.63) is 63.5 Å². The molecule has 2 heterocycles. The van der Waals surface area contributed by atoms with Gasteiger partial charge in [0.15, 0.2) is 8.32 Å². The van der Waals surface area contributed by atoms with E-state index in [2.05, 4.69) is 115 Å². The van der Waals surface area contributed by atoms with Crippen molar-refractivity contribution in [3.63, 3.8) is 0 Å². The summed E-state index contributed by atoms with van der Waals surface area (Å²) >= 11 is 2.74. The first-order valence-electron chi connectivity index (χ1n) is 17.1. The molecule has 2 aromatic rings. The molecule has 0 amide bonds. The topological polar surface area (TPSA) is 31.4 Å². The van der Waals surface area contributed by atoms with Gasteiger partial charge in [-0.25, -0.2) is 0 Å². The van der Waals surface area contributed by atoms with Gasteiger partial charge in [-0.2, -0.15) is 0 Å². The second-order valence-electron chi connectivity index (χ2n) is 17.7. The van der Waals surface area contributed by atoms with E-state index in [9.17, 15) is 0 Å². The number of benzene rings is 1. The van der Waals surface area contributed by atoms with Crippen molar-refractivity contribution in [1.29, 1.82) is 0 Å². The molecule has 4 aliphatic rings. The van der Waals surface area contributed by atoms with E-state index in [0.29, 0.717) is 9.84 Å². The zero-order chi connectivity index (χ0) is 31.2. The molecule has 0 saturated heterocycles. The Morgan fingerprint density at radius 2 is 1.67 bits per heavy atom. The first-order chi connectivity index (χ1) is 19.9. The number of hydrogen-bond acceptors (Lipinski definition) is 3. The van der Waals surface area contributed by atoms with Gasteiger partial charge in [0.25, 0.3) is 0 Å². The zero-order valence-electron chi connectivity index (χ0n) is 28.6. The lowest BCUT2D eigenvalue weighted by Gasteiger charge is -2.46. The van der Waals surface area contributed by atoms with Crippen LogP contribution in [0.3, 0.4) is 0 Å². The number of rotatable bonds is 4. The highest BCUT2D eigenvalue weighted by molar-refractivity contribution is 14.1. The Balaban J connectivity index is 1.64. The van der Waals surface area contributed by atoms with Crippen molar-refractivity contribution in [2.45, 2.75) is 164 Å². The number of pyridine rings is 1. The predicted molar refractivity (Wildman–Crippen MR) is 190 cm³/mol. The van der Waals surface area contributed by atoms with Crippen LogP contribution in [0.1, 0.15) is 164 Å². The molecule has 0 radical (unpaired) electrons. The molecule has 1 aromatic heterocycles. The van der Waals surface area contributed by atoms with Crippen LogP contribution >= 0.6 is 22.6 Å². The Bertz CT molecular complexity index is 1380. The van der Waals surface area contributed by atoms with Crippen molar-refractivity contribution in [3.8, 4) is 0 Å². The van der Waals surface area contributed by atoms with E-state index in [1.54, 1.807) is 0 Å². The first kappa shape index (κ1) is 32.2. The molecule has 2 fully saturated rings. The standard InChI is InChI=1S/C38H56INO2Si/c1-35(2,3)26-18-13-17-25(21-26)34-31-32(38(41-34)20-14-19-29(38)39)30-27(40-33(31)24-15-11-12-16-24)22-37(7,8)23-28(30)42-43(9,10)36(4,5)6/h13,17-18,21,24,28-29,34H,11-12,14-16,19-20,22-23H2,1-10H3/t28-,29?,34+,38?/m0/s1. The fraction of sp³-hybridized carbons (Fsp3) is 0.711. The van der Waals surface area contributed by atoms with Crippen LogP contribution in [0.25, 0.3) is 0 Å². The maximum atomic E-state index is 7.62. The van der Waals surface area contributed by atoms with Crippen molar-refractivity contribution in [2.75, 3.05) is 0 Å². The predicted octanol–water partition coefficient (Wildman–Crippen LogP) is 11.4. The normalized spacial score (nSPS) is 29.3. The van der Waals surface area contributed by atoms with Crippen LogP contribution in [-0.2, 0) is 26.6 Å². The van der Waals surface area contributed by atoms with Gasteiger partial charge < -0.3 is 9.16 Å². The molecule has 1 spiro atoms. The number of alkyl halides is 1. The molecular weight excluding hydrogens is 657 g/mol. The first-order valence-corrected chi connectivity index (χ1v) is 21.3. The van der Waals surface area contributed by atoms with E-state index in [1.165, 1.54) is 77.7 Å².